The molecule has 0 saturated carbocycles. The first-order valence-corrected chi connectivity index (χ1v) is 9.21. The second-order valence-corrected chi connectivity index (χ2v) is 6.96. The van der Waals surface area contributed by atoms with E-state index in [1.807, 2.05) is 49.7 Å². The first-order valence-electron chi connectivity index (χ1n) is 9.21. The van der Waals surface area contributed by atoms with Crippen LogP contribution in [-0.2, 0) is 11.3 Å². The summed E-state index contributed by atoms with van der Waals surface area (Å²) < 4.78 is 33.7. The molecule has 5 nitrogen and oxygen atoms in total. The van der Waals surface area contributed by atoms with E-state index < -0.39 is 11.6 Å². The highest BCUT2D eigenvalue weighted by molar-refractivity contribution is 5.77. The summed E-state index contributed by atoms with van der Waals surface area (Å²) in [4.78, 5) is 13.9. The predicted molar refractivity (Wildman–Crippen MR) is 106 cm³/mol. The van der Waals surface area contributed by atoms with Crippen molar-refractivity contribution < 1.29 is 18.3 Å². The molecule has 0 aliphatic carbocycles. The molecule has 3 aromatic rings. The zero-order chi connectivity index (χ0) is 21.1. The molecule has 1 aromatic heterocycles. The van der Waals surface area contributed by atoms with Crippen LogP contribution in [-0.4, -0.2) is 34.2 Å². The number of ether oxygens (including phenoxy) is 1. The highest BCUT2D eigenvalue weighted by Gasteiger charge is 2.18. The van der Waals surface area contributed by atoms with Crippen LogP contribution in [0.5, 0.6) is 5.75 Å². The highest BCUT2D eigenvalue weighted by Crippen LogP contribution is 2.22. The number of hydrogen-bond acceptors (Lipinski definition) is 3. The first kappa shape index (κ1) is 20.5. The van der Waals surface area contributed by atoms with Gasteiger partial charge >= 0.3 is 0 Å². The third-order valence-electron chi connectivity index (χ3n) is 4.85. The van der Waals surface area contributed by atoms with Crippen molar-refractivity contribution in [2.45, 2.75) is 27.3 Å². The number of carbonyl (C=O) groups is 1. The standard InChI is InChI=1S/C22H23F2N3O2/c1-14-7-5-6-8-20(14)27-16(3)18(15(2)25-27)12-26(4)22(28)13-29-21-10-9-17(23)11-19(21)24/h5-11H,12-13H2,1-4H3. The summed E-state index contributed by atoms with van der Waals surface area (Å²) in [6.07, 6.45) is 0. The summed E-state index contributed by atoms with van der Waals surface area (Å²) in [6.45, 7) is 5.89. The maximum atomic E-state index is 13.7. The number of rotatable bonds is 6. The van der Waals surface area contributed by atoms with Crippen LogP contribution in [0.3, 0.4) is 0 Å². The molecule has 0 atom stereocenters. The summed E-state index contributed by atoms with van der Waals surface area (Å²) in [5, 5.41) is 4.63. The Balaban J connectivity index is 1.71. The first-order chi connectivity index (χ1) is 13.8. The Bertz CT molecular complexity index is 1050. The molecule has 7 heteroatoms. The Morgan fingerprint density at radius 2 is 1.86 bits per heavy atom. The van der Waals surface area contributed by atoms with Gasteiger partial charge in [0, 0.05) is 30.9 Å². The average molecular weight is 399 g/mol. The van der Waals surface area contributed by atoms with E-state index in [-0.39, 0.29) is 18.3 Å². The number of aromatic nitrogens is 2. The Morgan fingerprint density at radius 3 is 2.55 bits per heavy atom. The number of aryl methyl sites for hydroxylation is 2. The summed E-state index contributed by atoms with van der Waals surface area (Å²) >= 11 is 0. The summed E-state index contributed by atoms with van der Waals surface area (Å²) in [5.41, 5.74) is 4.81. The van der Waals surface area contributed by atoms with E-state index in [1.54, 1.807) is 7.05 Å². The fourth-order valence-corrected chi connectivity index (χ4v) is 3.11. The van der Waals surface area contributed by atoms with Crippen LogP contribution in [0.4, 0.5) is 8.78 Å². The van der Waals surface area contributed by atoms with E-state index >= 15 is 0 Å². The minimum Gasteiger partial charge on any atom is -0.481 e. The van der Waals surface area contributed by atoms with E-state index in [0.29, 0.717) is 6.54 Å². The maximum Gasteiger partial charge on any atom is 0.260 e. The van der Waals surface area contributed by atoms with Crippen molar-refractivity contribution in [3.05, 3.63) is 76.6 Å². The van der Waals surface area contributed by atoms with Crippen LogP contribution < -0.4 is 4.74 Å². The van der Waals surface area contributed by atoms with E-state index in [2.05, 4.69) is 5.10 Å². The third kappa shape index (κ3) is 4.45. The van der Waals surface area contributed by atoms with Gasteiger partial charge in [0.25, 0.3) is 5.91 Å². The van der Waals surface area contributed by atoms with E-state index in [0.717, 1.165) is 40.3 Å². The number of hydrogen-bond donors (Lipinski definition) is 0. The number of benzene rings is 2. The molecule has 0 N–H and O–H groups in total. The van der Waals surface area contributed by atoms with Gasteiger partial charge in [-0.2, -0.15) is 5.10 Å². The van der Waals surface area contributed by atoms with Gasteiger partial charge in [-0.3, -0.25) is 4.79 Å². The molecule has 1 heterocycles. The average Bonchev–Trinajstić information content (AvgIpc) is 2.95. The molecule has 29 heavy (non-hydrogen) atoms. The molecule has 0 saturated heterocycles. The fraction of sp³-hybridized carbons (Fsp3) is 0.273. The molecule has 0 bridgehead atoms. The molecule has 0 radical (unpaired) electrons. The molecular formula is C22H23F2N3O2. The minimum absolute atomic E-state index is 0.159. The van der Waals surface area contributed by atoms with Crippen LogP contribution in [0.25, 0.3) is 5.69 Å². The van der Waals surface area contributed by atoms with E-state index in [1.165, 1.54) is 11.0 Å². The van der Waals surface area contributed by atoms with E-state index in [9.17, 15) is 13.6 Å². The van der Waals surface area contributed by atoms with Crippen LogP contribution in [0.1, 0.15) is 22.5 Å². The predicted octanol–water partition coefficient (Wildman–Crippen LogP) is 4.11. The van der Waals surface area contributed by atoms with Crippen molar-refractivity contribution in [1.82, 2.24) is 14.7 Å². The van der Waals surface area contributed by atoms with Gasteiger partial charge in [0.15, 0.2) is 18.2 Å². The molecule has 152 valence electrons. The van der Waals surface area contributed by atoms with Crippen molar-refractivity contribution >= 4 is 5.91 Å². The van der Waals surface area contributed by atoms with Gasteiger partial charge in [-0.15, -0.1) is 0 Å². The van der Waals surface area contributed by atoms with Gasteiger partial charge in [-0.05, 0) is 44.5 Å². The van der Waals surface area contributed by atoms with Crippen LogP contribution in [0, 0.1) is 32.4 Å². The summed E-state index contributed by atoms with van der Waals surface area (Å²) in [5.74, 6) is -2.02. The number of carbonyl (C=O) groups excluding carboxylic acids is 1. The second-order valence-electron chi connectivity index (χ2n) is 6.96. The molecule has 0 aliphatic rings. The number of para-hydroxylation sites is 1. The monoisotopic (exact) mass is 399 g/mol. The quantitative estimate of drug-likeness (QED) is 0.627. The van der Waals surface area contributed by atoms with Crippen molar-refractivity contribution in [1.29, 1.82) is 0 Å². The highest BCUT2D eigenvalue weighted by atomic mass is 19.1. The van der Waals surface area contributed by atoms with Gasteiger partial charge in [0.1, 0.15) is 5.82 Å². The number of amides is 1. The Labute approximate surface area is 168 Å². The molecule has 2 aromatic carbocycles. The van der Waals surface area contributed by atoms with Crippen LogP contribution >= 0.6 is 0 Å². The lowest BCUT2D eigenvalue weighted by Gasteiger charge is -2.18. The molecule has 0 fully saturated rings. The molecule has 0 spiro atoms. The summed E-state index contributed by atoms with van der Waals surface area (Å²) in [6, 6.07) is 10.9. The number of halogens is 2. The van der Waals surface area contributed by atoms with Gasteiger partial charge in [-0.25, -0.2) is 13.5 Å². The SMILES string of the molecule is Cc1ccccc1-n1nc(C)c(CN(C)C(=O)COc2ccc(F)cc2F)c1C. The molecule has 3 rings (SSSR count). The van der Waals surface area contributed by atoms with Gasteiger partial charge in [-0.1, -0.05) is 18.2 Å². The van der Waals surface area contributed by atoms with Gasteiger partial charge in [0.05, 0.1) is 11.4 Å². The van der Waals surface area contributed by atoms with Crippen molar-refractivity contribution in [3.8, 4) is 11.4 Å². The summed E-state index contributed by atoms with van der Waals surface area (Å²) in [7, 11) is 1.65. The molecule has 1 amide bonds. The smallest absolute Gasteiger partial charge is 0.260 e. The molecular weight excluding hydrogens is 376 g/mol. The van der Waals surface area contributed by atoms with Gasteiger partial charge in [0.2, 0.25) is 0 Å². The lowest BCUT2D eigenvalue weighted by atomic mass is 10.1. The zero-order valence-corrected chi connectivity index (χ0v) is 16.9. The van der Waals surface area contributed by atoms with E-state index in [4.69, 9.17) is 4.74 Å². The zero-order valence-electron chi connectivity index (χ0n) is 16.9. The van der Waals surface area contributed by atoms with Crippen LogP contribution in [0.2, 0.25) is 0 Å². The van der Waals surface area contributed by atoms with Crippen LogP contribution in [0.15, 0.2) is 42.5 Å². The second kappa shape index (κ2) is 8.43. The third-order valence-corrected chi connectivity index (χ3v) is 4.85. The lowest BCUT2D eigenvalue weighted by Crippen LogP contribution is -2.31. The topological polar surface area (TPSA) is 47.4 Å². The number of likely N-dealkylation sites (N-methyl/N-ethyl adjacent to an activating group) is 1. The maximum absolute atomic E-state index is 13.7. The molecule has 0 aliphatic heterocycles. The Kier molecular flexibility index (Phi) is 5.96. The molecule has 0 unspecified atom stereocenters. The Morgan fingerprint density at radius 1 is 1.14 bits per heavy atom. The van der Waals surface area contributed by atoms with Crippen molar-refractivity contribution in [2.24, 2.45) is 0 Å². The lowest BCUT2D eigenvalue weighted by molar-refractivity contribution is -0.132. The number of nitrogens with zero attached hydrogens (tertiary/aromatic N) is 3. The van der Waals surface area contributed by atoms with Gasteiger partial charge < -0.3 is 9.64 Å². The minimum atomic E-state index is -0.841. The van der Waals surface area contributed by atoms with Crippen molar-refractivity contribution in [2.75, 3.05) is 13.7 Å². The Hall–Kier alpha value is -3.22. The van der Waals surface area contributed by atoms with Crippen molar-refractivity contribution in [3.63, 3.8) is 0 Å². The normalized spacial score (nSPS) is 10.8. The largest absolute Gasteiger partial charge is 0.481 e. The fourth-order valence-electron chi connectivity index (χ4n) is 3.11.